The van der Waals surface area contributed by atoms with Gasteiger partial charge in [-0.15, -0.1) is 4.40 Å². The second-order valence-electron chi connectivity index (χ2n) is 5.11. The van der Waals surface area contributed by atoms with Crippen LogP contribution in [0.25, 0.3) is 0 Å². The molecule has 0 amide bonds. The number of guanidine groups is 1. The van der Waals surface area contributed by atoms with Crippen molar-refractivity contribution in [3.05, 3.63) is 59.7 Å². The van der Waals surface area contributed by atoms with Crippen LogP contribution in [0.1, 0.15) is 11.1 Å². The van der Waals surface area contributed by atoms with Crippen LogP contribution >= 0.6 is 0 Å². The minimum atomic E-state index is -3.52. The minimum Gasteiger partial charge on any atom is -0.325 e. The van der Waals surface area contributed by atoms with Crippen LogP contribution in [-0.4, -0.2) is 20.6 Å². The van der Waals surface area contributed by atoms with Gasteiger partial charge in [0.25, 0.3) is 10.0 Å². The van der Waals surface area contributed by atoms with E-state index < -0.39 is 10.0 Å². The van der Waals surface area contributed by atoms with Gasteiger partial charge in [0.1, 0.15) is 0 Å². The van der Waals surface area contributed by atoms with Gasteiger partial charge in [-0.2, -0.15) is 0 Å². The van der Waals surface area contributed by atoms with E-state index in [-0.39, 0.29) is 5.96 Å². The van der Waals surface area contributed by atoms with E-state index >= 15 is 0 Å². The third kappa shape index (κ3) is 4.89. The predicted octanol–water partition coefficient (Wildman–Crippen LogP) is 3.14. The van der Waals surface area contributed by atoms with E-state index in [0.29, 0.717) is 0 Å². The average molecular weight is 317 g/mol. The van der Waals surface area contributed by atoms with Crippen molar-refractivity contribution in [3.8, 4) is 0 Å². The molecule has 0 unspecified atom stereocenters. The molecule has 6 heteroatoms. The molecule has 0 spiro atoms. The SMILES string of the molecule is Cc1ccc(C)c(N/C(=N\S(C)(=O)=O)Nc2ccccc2)c1. The molecule has 22 heavy (non-hydrogen) atoms. The Morgan fingerprint density at radius 3 is 2.32 bits per heavy atom. The largest absolute Gasteiger partial charge is 0.325 e. The molecule has 0 aliphatic rings. The summed E-state index contributed by atoms with van der Waals surface area (Å²) in [6.07, 6.45) is 1.06. The Bertz CT molecular complexity index is 784. The van der Waals surface area contributed by atoms with Crippen molar-refractivity contribution < 1.29 is 8.42 Å². The summed E-state index contributed by atoms with van der Waals surface area (Å²) in [5.41, 5.74) is 3.64. The van der Waals surface area contributed by atoms with Crippen molar-refractivity contribution >= 4 is 27.4 Å². The Morgan fingerprint density at radius 1 is 1.00 bits per heavy atom. The summed E-state index contributed by atoms with van der Waals surface area (Å²) in [7, 11) is -3.52. The van der Waals surface area contributed by atoms with Gasteiger partial charge >= 0.3 is 0 Å². The highest BCUT2D eigenvalue weighted by atomic mass is 32.2. The first-order valence-corrected chi connectivity index (χ1v) is 8.64. The number of rotatable bonds is 3. The number of sulfonamides is 1. The summed E-state index contributed by atoms with van der Waals surface area (Å²) in [6.45, 7) is 3.92. The molecule has 0 saturated carbocycles. The number of anilines is 2. The minimum absolute atomic E-state index is 0.169. The molecule has 0 aliphatic carbocycles. The Labute approximate surface area is 131 Å². The van der Waals surface area contributed by atoms with Gasteiger partial charge in [0.15, 0.2) is 0 Å². The fourth-order valence-corrected chi connectivity index (χ4v) is 2.32. The van der Waals surface area contributed by atoms with Crippen molar-refractivity contribution in [2.24, 2.45) is 4.40 Å². The van der Waals surface area contributed by atoms with E-state index in [2.05, 4.69) is 15.0 Å². The van der Waals surface area contributed by atoms with Crippen molar-refractivity contribution in [3.63, 3.8) is 0 Å². The van der Waals surface area contributed by atoms with Gasteiger partial charge in [-0.05, 0) is 43.2 Å². The molecule has 0 aromatic heterocycles. The first-order chi connectivity index (χ1) is 10.3. The lowest BCUT2D eigenvalue weighted by atomic mass is 10.1. The van der Waals surface area contributed by atoms with Crippen LogP contribution < -0.4 is 10.6 Å². The fraction of sp³-hybridized carbons (Fsp3) is 0.188. The molecular weight excluding hydrogens is 298 g/mol. The highest BCUT2D eigenvalue weighted by Crippen LogP contribution is 2.17. The maximum Gasteiger partial charge on any atom is 0.253 e. The summed E-state index contributed by atoms with van der Waals surface area (Å²) in [4.78, 5) is 0. The lowest BCUT2D eigenvalue weighted by molar-refractivity contribution is 0.604. The topological polar surface area (TPSA) is 70.6 Å². The van der Waals surface area contributed by atoms with Crippen molar-refractivity contribution in [2.45, 2.75) is 13.8 Å². The molecule has 0 bridgehead atoms. The van der Waals surface area contributed by atoms with E-state index in [1.807, 2.05) is 62.4 Å². The second kappa shape index (κ2) is 6.62. The monoisotopic (exact) mass is 317 g/mol. The highest BCUT2D eigenvalue weighted by molar-refractivity contribution is 7.89. The Hall–Kier alpha value is -2.34. The van der Waals surface area contributed by atoms with E-state index in [0.717, 1.165) is 28.8 Å². The van der Waals surface area contributed by atoms with Gasteiger partial charge in [0, 0.05) is 11.4 Å². The summed E-state index contributed by atoms with van der Waals surface area (Å²) in [5, 5.41) is 6.04. The zero-order valence-corrected chi connectivity index (χ0v) is 13.6. The van der Waals surface area contributed by atoms with Crippen LogP contribution in [0.15, 0.2) is 52.9 Å². The first kappa shape index (κ1) is 16.0. The lowest BCUT2D eigenvalue weighted by Gasteiger charge is -2.14. The Kier molecular flexibility index (Phi) is 4.82. The second-order valence-corrected chi connectivity index (χ2v) is 6.76. The molecule has 0 fully saturated rings. The van der Waals surface area contributed by atoms with Crippen LogP contribution in [0.2, 0.25) is 0 Å². The molecular formula is C16H19N3O2S. The standard InChI is InChI=1S/C16H19N3O2S/c1-12-9-10-13(2)15(11-12)18-16(19-22(3,20)21)17-14-7-5-4-6-8-14/h4-11H,1-3H3,(H2,17,18,19). The zero-order chi connectivity index (χ0) is 16.2. The first-order valence-electron chi connectivity index (χ1n) is 6.80. The normalized spacial score (nSPS) is 12.0. The zero-order valence-electron chi connectivity index (χ0n) is 12.8. The average Bonchev–Trinajstić information content (AvgIpc) is 2.42. The van der Waals surface area contributed by atoms with Gasteiger partial charge < -0.3 is 10.6 Å². The Morgan fingerprint density at radius 2 is 1.68 bits per heavy atom. The van der Waals surface area contributed by atoms with Crippen LogP contribution in [0.3, 0.4) is 0 Å². The third-order valence-corrected chi connectivity index (χ3v) is 3.45. The van der Waals surface area contributed by atoms with Crippen LogP contribution in [0, 0.1) is 13.8 Å². The number of nitrogens with one attached hydrogen (secondary N) is 2. The summed E-state index contributed by atoms with van der Waals surface area (Å²) in [5.74, 6) is 0.169. The molecule has 2 aromatic carbocycles. The summed E-state index contributed by atoms with van der Waals surface area (Å²) < 4.78 is 26.7. The maximum absolute atomic E-state index is 11.5. The lowest BCUT2D eigenvalue weighted by Crippen LogP contribution is -2.24. The third-order valence-electron chi connectivity index (χ3n) is 2.94. The van der Waals surface area contributed by atoms with Crippen LogP contribution in [0.5, 0.6) is 0 Å². The number of benzene rings is 2. The number of hydrogen-bond acceptors (Lipinski definition) is 2. The van der Waals surface area contributed by atoms with E-state index in [1.165, 1.54) is 0 Å². The molecule has 2 aromatic rings. The van der Waals surface area contributed by atoms with Gasteiger partial charge in [0.05, 0.1) is 6.26 Å². The molecule has 0 radical (unpaired) electrons. The Balaban J connectivity index is 2.33. The quantitative estimate of drug-likeness (QED) is 0.674. The van der Waals surface area contributed by atoms with Gasteiger partial charge in [0.2, 0.25) is 5.96 Å². The van der Waals surface area contributed by atoms with E-state index in [9.17, 15) is 8.42 Å². The highest BCUT2D eigenvalue weighted by Gasteiger charge is 2.08. The molecule has 2 rings (SSSR count). The molecule has 0 aliphatic heterocycles. The van der Waals surface area contributed by atoms with Gasteiger partial charge in [-0.3, -0.25) is 0 Å². The number of hydrogen-bond donors (Lipinski definition) is 2. The van der Waals surface area contributed by atoms with E-state index in [1.54, 1.807) is 0 Å². The van der Waals surface area contributed by atoms with E-state index in [4.69, 9.17) is 0 Å². The van der Waals surface area contributed by atoms with Gasteiger partial charge in [-0.25, -0.2) is 8.42 Å². The van der Waals surface area contributed by atoms with Crippen LogP contribution in [0.4, 0.5) is 11.4 Å². The molecule has 116 valence electrons. The van der Waals surface area contributed by atoms with Crippen LogP contribution in [-0.2, 0) is 10.0 Å². The molecule has 2 N–H and O–H groups in total. The van der Waals surface area contributed by atoms with Crippen molar-refractivity contribution in [1.82, 2.24) is 0 Å². The fourth-order valence-electron chi connectivity index (χ4n) is 1.90. The molecule has 0 saturated heterocycles. The maximum atomic E-state index is 11.5. The smallest absolute Gasteiger partial charge is 0.253 e. The predicted molar refractivity (Wildman–Crippen MR) is 91.9 cm³/mol. The number of nitrogens with zero attached hydrogens (tertiary/aromatic N) is 1. The molecule has 0 heterocycles. The van der Waals surface area contributed by atoms with Gasteiger partial charge in [-0.1, -0.05) is 30.3 Å². The molecule has 0 atom stereocenters. The summed E-state index contributed by atoms with van der Waals surface area (Å²) in [6, 6.07) is 15.2. The van der Waals surface area contributed by atoms with Crippen molar-refractivity contribution in [1.29, 1.82) is 0 Å². The summed E-state index contributed by atoms with van der Waals surface area (Å²) >= 11 is 0. The number of para-hydroxylation sites is 1. The number of aryl methyl sites for hydroxylation is 2. The van der Waals surface area contributed by atoms with Crippen molar-refractivity contribution in [2.75, 3.05) is 16.9 Å². The molecule has 5 nitrogen and oxygen atoms in total.